The van der Waals surface area contributed by atoms with Gasteiger partial charge in [-0.15, -0.1) is 0 Å². The molecule has 0 fully saturated rings. The molecule has 0 radical (unpaired) electrons. The summed E-state index contributed by atoms with van der Waals surface area (Å²) in [5, 5.41) is 0.456. The van der Waals surface area contributed by atoms with Gasteiger partial charge in [-0.3, -0.25) is 4.72 Å². The van der Waals surface area contributed by atoms with Crippen LogP contribution >= 0.6 is 27.5 Å². The molecule has 0 aromatic heterocycles. The summed E-state index contributed by atoms with van der Waals surface area (Å²) in [5.41, 5.74) is 1.19. The van der Waals surface area contributed by atoms with Gasteiger partial charge in [-0.05, 0) is 29.8 Å². The highest BCUT2D eigenvalue weighted by molar-refractivity contribution is 9.08. The van der Waals surface area contributed by atoms with Crippen molar-refractivity contribution in [2.45, 2.75) is 10.2 Å². The highest BCUT2D eigenvalue weighted by Gasteiger charge is 2.19. The zero-order valence-corrected chi connectivity index (χ0v) is 13.3. The van der Waals surface area contributed by atoms with E-state index in [2.05, 4.69) is 20.7 Å². The molecule has 0 aliphatic heterocycles. The first-order chi connectivity index (χ1) is 9.44. The number of para-hydroxylation sites is 1. The molecular weight excluding hydrogens is 369 g/mol. The molecule has 2 aromatic carbocycles. The van der Waals surface area contributed by atoms with Crippen LogP contribution in [0.3, 0.4) is 0 Å². The Morgan fingerprint density at radius 1 is 1.20 bits per heavy atom. The van der Waals surface area contributed by atoms with Crippen LogP contribution in [0.15, 0.2) is 47.4 Å². The molecule has 2 rings (SSSR count). The second kappa shape index (κ2) is 6.11. The Labute approximate surface area is 130 Å². The number of benzene rings is 2. The number of hydrogen-bond acceptors (Lipinski definition) is 2. The van der Waals surface area contributed by atoms with Crippen LogP contribution in [0.4, 0.5) is 10.1 Å². The third-order valence-corrected chi connectivity index (χ3v) is 5.04. The summed E-state index contributed by atoms with van der Waals surface area (Å²) in [5.74, 6) is -0.663. The van der Waals surface area contributed by atoms with Gasteiger partial charge < -0.3 is 0 Å². The van der Waals surface area contributed by atoms with Gasteiger partial charge in [-0.2, -0.15) is 0 Å². The second-order valence-corrected chi connectivity index (χ2v) is 6.59. The van der Waals surface area contributed by atoms with Crippen molar-refractivity contribution in [1.29, 1.82) is 0 Å². The van der Waals surface area contributed by atoms with Crippen LogP contribution in [-0.4, -0.2) is 8.42 Å². The Morgan fingerprint density at radius 3 is 2.60 bits per heavy atom. The number of anilines is 1. The van der Waals surface area contributed by atoms with Gasteiger partial charge in [-0.25, -0.2) is 12.8 Å². The maximum atomic E-state index is 13.2. The molecular formula is C13H10BrClFNO2S. The second-order valence-electron chi connectivity index (χ2n) is 3.97. The molecule has 3 nitrogen and oxygen atoms in total. The lowest BCUT2D eigenvalue weighted by atomic mass is 10.2. The molecule has 0 heterocycles. The predicted octanol–water partition coefficient (Wildman–Crippen LogP) is 4.17. The summed E-state index contributed by atoms with van der Waals surface area (Å²) in [6, 6.07) is 10.1. The van der Waals surface area contributed by atoms with Gasteiger partial charge >= 0.3 is 0 Å². The molecule has 0 aliphatic carbocycles. The smallest absolute Gasteiger partial charge is 0.263 e. The normalized spacial score (nSPS) is 11.3. The zero-order valence-electron chi connectivity index (χ0n) is 10.1. The molecule has 0 amide bonds. The van der Waals surface area contributed by atoms with E-state index in [0.29, 0.717) is 11.0 Å². The van der Waals surface area contributed by atoms with Gasteiger partial charge in [0.1, 0.15) is 10.7 Å². The number of sulfonamides is 1. The lowest BCUT2D eigenvalue weighted by Crippen LogP contribution is -2.14. The minimum absolute atomic E-state index is 0.0322. The number of alkyl halides is 1. The van der Waals surface area contributed by atoms with E-state index in [1.807, 2.05) is 0 Å². The van der Waals surface area contributed by atoms with Gasteiger partial charge in [0, 0.05) is 5.33 Å². The fourth-order valence-corrected chi connectivity index (χ4v) is 3.72. The minimum Gasteiger partial charge on any atom is -0.279 e. The maximum absolute atomic E-state index is 13.2. The van der Waals surface area contributed by atoms with E-state index in [-0.39, 0.29) is 9.92 Å². The maximum Gasteiger partial charge on any atom is 0.263 e. The Hall–Kier alpha value is -1.11. The fourth-order valence-electron chi connectivity index (χ4n) is 1.62. The third-order valence-electron chi connectivity index (χ3n) is 2.59. The molecule has 1 N–H and O–H groups in total. The molecule has 0 bridgehead atoms. The molecule has 20 heavy (non-hydrogen) atoms. The molecule has 0 aliphatic rings. The highest BCUT2D eigenvalue weighted by atomic mass is 79.9. The van der Waals surface area contributed by atoms with E-state index >= 15 is 0 Å². The number of nitrogens with one attached hydrogen (secondary N) is 1. The number of hydrogen-bond donors (Lipinski definition) is 1. The van der Waals surface area contributed by atoms with Crippen LogP contribution in [0.5, 0.6) is 0 Å². The largest absolute Gasteiger partial charge is 0.279 e. The van der Waals surface area contributed by atoms with Crippen LogP contribution in [-0.2, 0) is 15.4 Å². The van der Waals surface area contributed by atoms with Crippen molar-refractivity contribution in [3.05, 3.63) is 58.9 Å². The lowest BCUT2D eigenvalue weighted by molar-refractivity contribution is 0.595. The van der Waals surface area contributed by atoms with Crippen LogP contribution in [0, 0.1) is 5.82 Å². The van der Waals surface area contributed by atoms with Crippen molar-refractivity contribution in [3.63, 3.8) is 0 Å². The summed E-state index contributed by atoms with van der Waals surface area (Å²) >= 11 is 9.10. The van der Waals surface area contributed by atoms with E-state index in [4.69, 9.17) is 11.6 Å². The fraction of sp³-hybridized carbons (Fsp3) is 0.0769. The molecule has 7 heteroatoms. The van der Waals surface area contributed by atoms with Crippen molar-refractivity contribution in [2.24, 2.45) is 0 Å². The average molecular weight is 379 g/mol. The van der Waals surface area contributed by atoms with Crippen molar-refractivity contribution in [2.75, 3.05) is 4.72 Å². The summed E-state index contributed by atoms with van der Waals surface area (Å²) in [7, 11) is -3.94. The quantitative estimate of drug-likeness (QED) is 0.812. The summed E-state index contributed by atoms with van der Waals surface area (Å²) in [6.07, 6.45) is 0. The first-order valence-corrected chi connectivity index (χ1v) is 8.54. The van der Waals surface area contributed by atoms with Gasteiger partial charge in [0.05, 0.1) is 10.7 Å². The molecule has 0 saturated heterocycles. The molecule has 0 saturated carbocycles. The first-order valence-electron chi connectivity index (χ1n) is 5.56. The Balaban J connectivity index is 2.43. The molecule has 0 atom stereocenters. The molecule has 106 valence electrons. The number of rotatable bonds is 4. The van der Waals surface area contributed by atoms with Crippen molar-refractivity contribution < 1.29 is 12.8 Å². The molecule has 0 spiro atoms. The lowest BCUT2D eigenvalue weighted by Gasteiger charge is -2.12. The minimum atomic E-state index is -3.94. The van der Waals surface area contributed by atoms with Crippen LogP contribution < -0.4 is 4.72 Å². The van der Waals surface area contributed by atoms with E-state index < -0.39 is 15.8 Å². The number of halogens is 3. The molecule has 2 aromatic rings. The van der Waals surface area contributed by atoms with Gasteiger partial charge in [0.25, 0.3) is 10.0 Å². The summed E-state index contributed by atoms with van der Waals surface area (Å²) in [4.78, 5) is -0.288. The average Bonchev–Trinajstić information content (AvgIpc) is 2.41. The van der Waals surface area contributed by atoms with E-state index in [0.717, 1.165) is 17.7 Å². The van der Waals surface area contributed by atoms with Crippen LogP contribution in [0.1, 0.15) is 5.56 Å². The summed E-state index contributed by atoms with van der Waals surface area (Å²) in [6.45, 7) is 0. The standard InChI is InChI=1S/C13H10BrClFNO2S/c14-8-9-3-1-2-4-12(9)17-20(18,19)13-7-10(16)5-6-11(13)15/h1-7,17H,8H2. The van der Waals surface area contributed by atoms with Gasteiger partial charge in [0.15, 0.2) is 0 Å². The monoisotopic (exact) mass is 377 g/mol. The highest BCUT2D eigenvalue weighted by Crippen LogP contribution is 2.26. The van der Waals surface area contributed by atoms with E-state index in [1.165, 1.54) is 6.07 Å². The van der Waals surface area contributed by atoms with Crippen molar-refractivity contribution >= 4 is 43.2 Å². The Bertz CT molecular complexity index is 737. The Kier molecular flexibility index (Phi) is 4.67. The van der Waals surface area contributed by atoms with Crippen LogP contribution in [0.2, 0.25) is 5.02 Å². The summed E-state index contributed by atoms with van der Waals surface area (Å²) < 4.78 is 40.1. The van der Waals surface area contributed by atoms with Gasteiger partial charge in [-0.1, -0.05) is 45.7 Å². The van der Waals surface area contributed by atoms with Gasteiger partial charge in [0.2, 0.25) is 0 Å². The predicted molar refractivity (Wildman–Crippen MR) is 81.3 cm³/mol. The van der Waals surface area contributed by atoms with Crippen molar-refractivity contribution in [3.8, 4) is 0 Å². The topological polar surface area (TPSA) is 46.2 Å². The third kappa shape index (κ3) is 3.31. The first kappa shape index (κ1) is 15.3. The Morgan fingerprint density at radius 2 is 1.90 bits per heavy atom. The van der Waals surface area contributed by atoms with E-state index in [9.17, 15) is 12.8 Å². The SMILES string of the molecule is O=S(=O)(Nc1ccccc1CBr)c1cc(F)ccc1Cl. The van der Waals surface area contributed by atoms with E-state index in [1.54, 1.807) is 24.3 Å². The zero-order chi connectivity index (χ0) is 14.8. The van der Waals surface area contributed by atoms with Crippen LogP contribution in [0.25, 0.3) is 0 Å². The molecule has 0 unspecified atom stereocenters. The van der Waals surface area contributed by atoms with Crippen molar-refractivity contribution in [1.82, 2.24) is 0 Å².